The van der Waals surface area contributed by atoms with E-state index in [-0.39, 0.29) is 11.8 Å². The fraction of sp³-hybridized carbons (Fsp3) is 0.182. The van der Waals surface area contributed by atoms with E-state index in [1.807, 2.05) is 48.5 Å². The molecule has 2 aromatic carbocycles. The van der Waals surface area contributed by atoms with E-state index >= 15 is 0 Å². The highest BCUT2D eigenvalue weighted by Gasteiger charge is 2.27. The van der Waals surface area contributed by atoms with Crippen LogP contribution in [0, 0.1) is 0 Å². The smallest absolute Gasteiger partial charge is 0.293 e. The van der Waals surface area contributed by atoms with E-state index in [4.69, 9.17) is 4.42 Å². The molecule has 0 spiro atoms. The van der Waals surface area contributed by atoms with Gasteiger partial charge in [0.2, 0.25) is 5.91 Å². The van der Waals surface area contributed by atoms with Crippen molar-refractivity contribution in [3.63, 3.8) is 0 Å². The number of nitrogens with zero attached hydrogens (tertiary/aromatic N) is 1. The zero-order valence-corrected chi connectivity index (χ0v) is 14.9. The first kappa shape index (κ1) is 17.1. The molecular weight excluding hydrogens is 340 g/mol. The number of rotatable bonds is 5. The van der Waals surface area contributed by atoms with Gasteiger partial charge in [0.05, 0.1) is 6.26 Å². The van der Waals surface area contributed by atoms with Crippen LogP contribution in [0.15, 0.2) is 71.3 Å². The number of hydrogen-bond acceptors (Lipinski definition) is 3. The van der Waals surface area contributed by atoms with Crippen molar-refractivity contribution in [2.24, 2.45) is 0 Å². The second-order valence-electron chi connectivity index (χ2n) is 6.56. The van der Waals surface area contributed by atoms with Crippen molar-refractivity contribution in [1.82, 2.24) is 0 Å². The molecule has 1 aliphatic rings. The molecule has 5 nitrogen and oxygen atoms in total. The van der Waals surface area contributed by atoms with Gasteiger partial charge in [0.15, 0.2) is 5.76 Å². The molecule has 5 heteroatoms. The summed E-state index contributed by atoms with van der Waals surface area (Å²) in [5, 5.41) is 2.95. The van der Waals surface area contributed by atoms with E-state index in [9.17, 15) is 9.59 Å². The maximum absolute atomic E-state index is 12.5. The molecule has 136 valence electrons. The number of hydrogen-bond donors (Lipinski definition) is 1. The highest BCUT2D eigenvalue weighted by molar-refractivity contribution is 6.05. The van der Waals surface area contributed by atoms with Gasteiger partial charge in [0.1, 0.15) is 0 Å². The third kappa shape index (κ3) is 3.77. The third-order valence-corrected chi connectivity index (χ3v) is 4.72. The number of anilines is 2. The maximum atomic E-state index is 12.5. The second kappa shape index (κ2) is 7.50. The van der Waals surface area contributed by atoms with Crippen LogP contribution in [0.1, 0.15) is 28.1 Å². The molecule has 0 aliphatic carbocycles. The number of nitrogens with one attached hydrogen (secondary N) is 1. The van der Waals surface area contributed by atoms with Gasteiger partial charge >= 0.3 is 0 Å². The predicted octanol–water partition coefficient (Wildman–Crippen LogP) is 4.05. The third-order valence-electron chi connectivity index (χ3n) is 4.72. The van der Waals surface area contributed by atoms with Crippen LogP contribution in [-0.4, -0.2) is 18.4 Å². The molecule has 4 rings (SSSR count). The van der Waals surface area contributed by atoms with Gasteiger partial charge in [-0.25, -0.2) is 0 Å². The Hall–Kier alpha value is -3.34. The summed E-state index contributed by atoms with van der Waals surface area (Å²) in [4.78, 5) is 26.5. The van der Waals surface area contributed by atoms with Gasteiger partial charge in [-0.05, 0) is 54.3 Å². The van der Waals surface area contributed by atoms with Gasteiger partial charge in [-0.15, -0.1) is 0 Å². The molecule has 2 heterocycles. The molecule has 0 unspecified atom stereocenters. The van der Waals surface area contributed by atoms with Crippen molar-refractivity contribution in [3.8, 4) is 0 Å². The van der Waals surface area contributed by atoms with E-state index in [0.717, 1.165) is 28.9 Å². The van der Waals surface area contributed by atoms with Gasteiger partial charge in [0.25, 0.3) is 5.91 Å². The van der Waals surface area contributed by atoms with Crippen molar-refractivity contribution in [2.75, 3.05) is 16.8 Å². The van der Waals surface area contributed by atoms with Crippen LogP contribution in [-0.2, 0) is 17.6 Å². The summed E-state index contributed by atoms with van der Waals surface area (Å²) < 4.78 is 5.21. The molecular formula is C22H20N2O3. The number of amides is 2. The standard InChI is InChI=1S/C22H20N2O3/c25-21(11-8-16-5-2-1-3-6-16)23-18-9-10-19-17(15-18)12-13-24(19)22(26)20-7-4-14-27-20/h1-7,9-10,14-15H,8,11-13H2,(H,23,25). The molecule has 27 heavy (non-hydrogen) atoms. The molecule has 1 N–H and O–H groups in total. The van der Waals surface area contributed by atoms with E-state index < -0.39 is 0 Å². The Balaban J connectivity index is 1.40. The quantitative estimate of drug-likeness (QED) is 0.746. The number of aryl methyl sites for hydroxylation is 1. The topological polar surface area (TPSA) is 62.6 Å². The lowest BCUT2D eigenvalue weighted by Crippen LogP contribution is -2.28. The Morgan fingerprint density at radius 3 is 2.67 bits per heavy atom. The molecule has 0 fully saturated rings. The average Bonchev–Trinajstić information content (AvgIpc) is 3.36. The van der Waals surface area contributed by atoms with Crippen molar-refractivity contribution in [1.29, 1.82) is 0 Å². The predicted molar refractivity (Wildman–Crippen MR) is 104 cm³/mol. The SMILES string of the molecule is O=C(CCc1ccccc1)Nc1ccc2c(c1)CCN2C(=O)c1ccco1. The maximum Gasteiger partial charge on any atom is 0.293 e. The van der Waals surface area contributed by atoms with Crippen LogP contribution in [0.5, 0.6) is 0 Å². The van der Waals surface area contributed by atoms with Crippen molar-refractivity contribution >= 4 is 23.2 Å². The van der Waals surface area contributed by atoms with Crippen LogP contribution in [0.4, 0.5) is 11.4 Å². The molecule has 0 saturated carbocycles. The van der Waals surface area contributed by atoms with Crippen LogP contribution in [0.25, 0.3) is 0 Å². The van der Waals surface area contributed by atoms with Crippen LogP contribution in [0.2, 0.25) is 0 Å². The molecule has 0 atom stereocenters. The monoisotopic (exact) mass is 360 g/mol. The van der Waals surface area contributed by atoms with Crippen molar-refractivity contribution < 1.29 is 14.0 Å². The average molecular weight is 360 g/mol. The zero-order chi connectivity index (χ0) is 18.6. The Bertz CT molecular complexity index is 949. The van der Waals surface area contributed by atoms with Crippen LogP contribution >= 0.6 is 0 Å². The van der Waals surface area contributed by atoms with Crippen LogP contribution < -0.4 is 10.2 Å². The van der Waals surface area contributed by atoms with Crippen LogP contribution in [0.3, 0.4) is 0 Å². The van der Waals surface area contributed by atoms with Gasteiger partial charge < -0.3 is 14.6 Å². The van der Waals surface area contributed by atoms with Crippen molar-refractivity contribution in [3.05, 3.63) is 83.8 Å². The molecule has 0 saturated heterocycles. The minimum Gasteiger partial charge on any atom is -0.459 e. The zero-order valence-electron chi connectivity index (χ0n) is 14.9. The largest absolute Gasteiger partial charge is 0.459 e. The number of carbonyl (C=O) groups excluding carboxylic acids is 2. The summed E-state index contributed by atoms with van der Waals surface area (Å²) in [6.07, 6.45) is 3.40. The molecule has 0 radical (unpaired) electrons. The molecule has 3 aromatic rings. The van der Waals surface area contributed by atoms with E-state index in [2.05, 4.69) is 5.32 Å². The van der Waals surface area contributed by atoms with E-state index in [0.29, 0.717) is 25.1 Å². The first-order chi connectivity index (χ1) is 13.2. The highest BCUT2D eigenvalue weighted by atomic mass is 16.3. The molecule has 1 aliphatic heterocycles. The minimum absolute atomic E-state index is 0.0136. The first-order valence-corrected chi connectivity index (χ1v) is 9.03. The molecule has 2 amide bonds. The van der Waals surface area contributed by atoms with Gasteiger partial charge in [0, 0.05) is 24.3 Å². The van der Waals surface area contributed by atoms with Gasteiger partial charge in [-0.1, -0.05) is 30.3 Å². The Morgan fingerprint density at radius 2 is 1.89 bits per heavy atom. The van der Waals surface area contributed by atoms with E-state index in [1.54, 1.807) is 17.0 Å². The van der Waals surface area contributed by atoms with Gasteiger partial charge in [-0.2, -0.15) is 0 Å². The lowest BCUT2D eigenvalue weighted by atomic mass is 10.1. The summed E-state index contributed by atoms with van der Waals surface area (Å²) >= 11 is 0. The highest BCUT2D eigenvalue weighted by Crippen LogP contribution is 2.31. The number of carbonyl (C=O) groups is 2. The Kier molecular flexibility index (Phi) is 4.75. The molecule has 1 aromatic heterocycles. The number of benzene rings is 2. The summed E-state index contributed by atoms with van der Waals surface area (Å²) in [6.45, 7) is 0.611. The lowest BCUT2D eigenvalue weighted by molar-refractivity contribution is -0.116. The Labute approximate surface area is 157 Å². The summed E-state index contributed by atoms with van der Waals surface area (Å²) in [7, 11) is 0. The normalized spacial score (nSPS) is 12.7. The molecule has 0 bridgehead atoms. The Morgan fingerprint density at radius 1 is 1.04 bits per heavy atom. The van der Waals surface area contributed by atoms with Gasteiger partial charge in [-0.3, -0.25) is 9.59 Å². The number of furan rings is 1. The van der Waals surface area contributed by atoms with E-state index in [1.165, 1.54) is 6.26 Å². The lowest BCUT2D eigenvalue weighted by Gasteiger charge is -2.16. The summed E-state index contributed by atoms with van der Waals surface area (Å²) in [5.74, 6) is 0.180. The van der Waals surface area contributed by atoms with Crippen molar-refractivity contribution in [2.45, 2.75) is 19.3 Å². The summed E-state index contributed by atoms with van der Waals surface area (Å²) in [6, 6.07) is 19.0. The fourth-order valence-corrected chi connectivity index (χ4v) is 3.35. The summed E-state index contributed by atoms with van der Waals surface area (Å²) in [5.41, 5.74) is 3.84. The minimum atomic E-state index is -0.140. The second-order valence-corrected chi connectivity index (χ2v) is 6.56. The fourth-order valence-electron chi connectivity index (χ4n) is 3.35. The number of fused-ring (bicyclic) bond motifs is 1. The first-order valence-electron chi connectivity index (χ1n) is 9.03.